The number of rotatable bonds is 6. The third-order valence-corrected chi connectivity index (χ3v) is 5.91. The fraction of sp³-hybridized carbons (Fsp3) is 0.500. The van der Waals surface area contributed by atoms with Gasteiger partial charge in [-0.25, -0.2) is 0 Å². The second-order valence-corrected chi connectivity index (χ2v) is 8.00. The molecule has 1 unspecified atom stereocenters. The van der Waals surface area contributed by atoms with E-state index in [0.717, 1.165) is 56.8 Å². The Labute approximate surface area is 168 Å². The van der Waals surface area contributed by atoms with Crippen LogP contribution < -0.4 is 19.7 Å². The molecule has 150 valence electrons. The molecule has 0 aromatic heterocycles. The van der Waals surface area contributed by atoms with Gasteiger partial charge >= 0.3 is 0 Å². The van der Waals surface area contributed by atoms with Gasteiger partial charge in [0, 0.05) is 30.9 Å². The molecule has 2 fully saturated rings. The van der Waals surface area contributed by atoms with Gasteiger partial charge in [0.1, 0.15) is 0 Å². The number of hydrogen-bond donors (Lipinski definition) is 1. The molecule has 0 spiro atoms. The lowest BCUT2D eigenvalue weighted by Gasteiger charge is -2.28. The van der Waals surface area contributed by atoms with Gasteiger partial charge in [-0.3, -0.25) is 0 Å². The van der Waals surface area contributed by atoms with Crippen molar-refractivity contribution in [2.45, 2.75) is 50.7 Å². The van der Waals surface area contributed by atoms with E-state index in [1.807, 2.05) is 0 Å². The number of anilines is 1. The van der Waals surface area contributed by atoms with Crippen LogP contribution in [0.5, 0.6) is 11.5 Å². The molecule has 1 N–H and O–H groups in total. The Morgan fingerprint density at radius 1 is 1.00 bits per heavy atom. The lowest BCUT2D eigenvalue weighted by molar-refractivity contribution is 0.201. The quantitative estimate of drug-likeness (QED) is 0.804. The predicted octanol–water partition coefficient (Wildman–Crippen LogP) is 4.43. The van der Waals surface area contributed by atoms with Crippen molar-refractivity contribution >= 4 is 5.69 Å². The summed E-state index contributed by atoms with van der Waals surface area (Å²) in [5, 5.41) is 3.73. The lowest BCUT2D eigenvalue weighted by atomic mass is 10.1. The zero-order valence-corrected chi connectivity index (χ0v) is 16.9. The Balaban J connectivity index is 1.49. The Bertz CT molecular complexity index is 744. The monoisotopic (exact) mass is 380 g/mol. The van der Waals surface area contributed by atoms with Crippen LogP contribution in [0.2, 0.25) is 0 Å². The number of ether oxygens (including phenoxy) is 2. The van der Waals surface area contributed by atoms with Crippen LogP contribution in [0, 0.1) is 0 Å². The molecule has 4 nitrogen and oxygen atoms in total. The Morgan fingerprint density at radius 3 is 2.61 bits per heavy atom. The fourth-order valence-electron chi connectivity index (χ4n) is 4.41. The average Bonchev–Trinajstić information content (AvgIpc) is 3.13. The first-order valence-corrected chi connectivity index (χ1v) is 10.7. The van der Waals surface area contributed by atoms with E-state index in [0.29, 0.717) is 12.1 Å². The minimum Gasteiger partial charge on any atom is -0.493 e. The van der Waals surface area contributed by atoms with Crippen LogP contribution >= 0.6 is 0 Å². The predicted molar refractivity (Wildman–Crippen MR) is 115 cm³/mol. The molecule has 1 saturated carbocycles. The van der Waals surface area contributed by atoms with Gasteiger partial charge in [0.15, 0.2) is 11.5 Å². The molecule has 0 bridgehead atoms. The van der Waals surface area contributed by atoms with Crippen molar-refractivity contribution < 1.29 is 9.47 Å². The van der Waals surface area contributed by atoms with Crippen LogP contribution in [0.1, 0.15) is 37.7 Å². The van der Waals surface area contributed by atoms with E-state index in [-0.39, 0.29) is 0 Å². The Kier molecular flexibility index (Phi) is 6.38. The van der Waals surface area contributed by atoms with E-state index >= 15 is 0 Å². The molecule has 1 aliphatic carbocycles. The SMILES string of the molecule is COc1ccc(N2CCCNC(Cc3ccccc3)C2)cc1OC1CCCC1. The second kappa shape index (κ2) is 9.33. The van der Waals surface area contributed by atoms with Gasteiger partial charge < -0.3 is 19.7 Å². The van der Waals surface area contributed by atoms with E-state index in [9.17, 15) is 0 Å². The minimum absolute atomic E-state index is 0.334. The smallest absolute Gasteiger partial charge is 0.163 e. The van der Waals surface area contributed by atoms with Gasteiger partial charge in [0.05, 0.1) is 13.2 Å². The minimum atomic E-state index is 0.334. The molecule has 2 aliphatic rings. The number of nitrogens with one attached hydrogen (secondary N) is 1. The zero-order chi connectivity index (χ0) is 19.2. The molecule has 1 aliphatic heterocycles. The van der Waals surface area contributed by atoms with E-state index < -0.39 is 0 Å². The largest absolute Gasteiger partial charge is 0.493 e. The number of benzene rings is 2. The van der Waals surface area contributed by atoms with E-state index in [4.69, 9.17) is 9.47 Å². The normalized spacial score (nSPS) is 20.8. The van der Waals surface area contributed by atoms with Gasteiger partial charge in [-0.15, -0.1) is 0 Å². The van der Waals surface area contributed by atoms with Crippen LogP contribution in [0.4, 0.5) is 5.69 Å². The zero-order valence-electron chi connectivity index (χ0n) is 16.9. The fourth-order valence-corrected chi connectivity index (χ4v) is 4.41. The first kappa shape index (κ1) is 19.1. The molecule has 0 amide bonds. The van der Waals surface area contributed by atoms with Gasteiger partial charge in [0.2, 0.25) is 0 Å². The van der Waals surface area contributed by atoms with Crippen molar-refractivity contribution in [2.75, 3.05) is 31.6 Å². The van der Waals surface area contributed by atoms with Crippen LogP contribution in [-0.2, 0) is 6.42 Å². The van der Waals surface area contributed by atoms with Crippen LogP contribution in [0.15, 0.2) is 48.5 Å². The average molecular weight is 381 g/mol. The van der Waals surface area contributed by atoms with Crippen LogP contribution in [0.25, 0.3) is 0 Å². The first-order chi connectivity index (χ1) is 13.8. The molecule has 1 heterocycles. The maximum Gasteiger partial charge on any atom is 0.163 e. The van der Waals surface area contributed by atoms with Crippen molar-refractivity contribution in [1.29, 1.82) is 0 Å². The first-order valence-electron chi connectivity index (χ1n) is 10.7. The molecular formula is C24H32N2O2. The summed E-state index contributed by atoms with van der Waals surface area (Å²) in [5.74, 6) is 1.73. The standard InChI is InChI=1S/C24H32N2O2/c1-27-23-13-12-21(17-24(23)28-22-10-5-6-11-22)26-15-7-14-25-20(18-26)16-19-8-3-2-4-9-19/h2-4,8-9,12-13,17,20,22,25H,5-7,10-11,14-16,18H2,1H3. The third kappa shape index (κ3) is 4.79. The summed E-state index contributed by atoms with van der Waals surface area (Å²) in [7, 11) is 1.72. The molecule has 2 aromatic rings. The molecule has 1 atom stereocenters. The maximum atomic E-state index is 6.32. The number of methoxy groups -OCH3 is 1. The highest BCUT2D eigenvalue weighted by Crippen LogP contribution is 2.35. The highest BCUT2D eigenvalue weighted by Gasteiger charge is 2.22. The highest BCUT2D eigenvalue weighted by molar-refractivity contribution is 5.56. The molecule has 2 aromatic carbocycles. The lowest BCUT2D eigenvalue weighted by Crippen LogP contribution is -2.39. The summed E-state index contributed by atoms with van der Waals surface area (Å²) in [4.78, 5) is 2.49. The van der Waals surface area contributed by atoms with Crippen molar-refractivity contribution in [3.05, 3.63) is 54.1 Å². The maximum absolute atomic E-state index is 6.32. The molecule has 1 saturated heterocycles. The van der Waals surface area contributed by atoms with Gasteiger partial charge in [-0.2, -0.15) is 0 Å². The summed E-state index contributed by atoms with van der Waals surface area (Å²) in [6.07, 6.45) is 7.38. The van der Waals surface area contributed by atoms with E-state index in [2.05, 4.69) is 58.7 Å². The summed E-state index contributed by atoms with van der Waals surface area (Å²) in [6, 6.07) is 17.6. The summed E-state index contributed by atoms with van der Waals surface area (Å²) in [5.41, 5.74) is 2.62. The van der Waals surface area contributed by atoms with Crippen molar-refractivity contribution in [1.82, 2.24) is 5.32 Å². The van der Waals surface area contributed by atoms with Crippen LogP contribution in [-0.4, -0.2) is 38.9 Å². The van der Waals surface area contributed by atoms with Crippen LogP contribution in [0.3, 0.4) is 0 Å². The second-order valence-electron chi connectivity index (χ2n) is 8.00. The van der Waals surface area contributed by atoms with Crippen molar-refractivity contribution in [3.8, 4) is 11.5 Å². The van der Waals surface area contributed by atoms with Gasteiger partial charge in [-0.05, 0) is 62.8 Å². The third-order valence-electron chi connectivity index (χ3n) is 5.91. The number of nitrogens with zero attached hydrogens (tertiary/aromatic N) is 1. The van der Waals surface area contributed by atoms with Crippen molar-refractivity contribution in [2.24, 2.45) is 0 Å². The number of hydrogen-bond acceptors (Lipinski definition) is 4. The Hall–Kier alpha value is -2.20. The highest BCUT2D eigenvalue weighted by atomic mass is 16.5. The molecular weight excluding hydrogens is 348 g/mol. The molecule has 4 heteroatoms. The summed E-state index contributed by atoms with van der Waals surface area (Å²) < 4.78 is 11.9. The van der Waals surface area contributed by atoms with Crippen molar-refractivity contribution in [3.63, 3.8) is 0 Å². The van der Waals surface area contributed by atoms with E-state index in [1.165, 1.54) is 24.1 Å². The van der Waals surface area contributed by atoms with E-state index in [1.54, 1.807) is 7.11 Å². The van der Waals surface area contributed by atoms with Gasteiger partial charge in [0.25, 0.3) is 0 Å². The van der Waals surface area contributed by atoms with Gasteiger partial charge in [-0.1, -0.05) is 30.3 Å². The molecule has 28 heavy (non-hydrogen) atoms. The Morgan fingerprint density at radius 2 is 1.82 bits per heavy atom. The summed E-state index contributed by atoms with van der Waals surface area (Å²) in [6.45, 7) is 3.13. The summed E-state index contributed by atoms with van der Waals surface area (Å²) >= 11 is 0. The molecule has 4 rings (SSSR count). The molecule has 0 radical (unpaired) electrons. The topological polar surface area (TPSA) is 33.7 Å².